The van der Waals surface area contributed by atoms with Crippen molar-refractivity contribution in [1.82, 2.24) is 19.9 Å². The SMILES string of the molecule is C=CC1C2Cc3ccc(c2c3)N2c3nccnc3N(c3ccccc3)C2C1(CC)C1N(c2ccc(F)cc2)c2nccnc2N1c1ccc(F)cc1C. The minimum absolute atomic E-state index is 0.0895. The fraction of sp³-hybridized carbons (Fsp3) is 0.209. The highest BCUT2D eigenvalue weighted by Crippen LogP contribution is 2.66. The summed E-state index contributed by atoms with van der Waals surface area (Å²) in [5.74, 6) is 2.08. The Bertz CT molecular complexity index is 2400. The van der Waals surface area contributed by atoms with Crippen LogP contribution in [-0.2, 0) is 6.42 Å². The quantitative estimate of drug-likeness (QED) is 0.159. The first-order chi connectivity index (χ1) is 25.9. The molecular weight excluding hydrogens is 667 g/mol. The van der Waals surface area contributed by atoms with Crippen molar-refractivity contribution in [3.05, 3.63) is 157 Å². The molecule has 1 aliphatic carbocycles. The van der Waals surface area contributed by atoms with Crippen molar-refractivity contribution in [3.63, 3.8) is 0 Å². The van der Waals surface area contributed by atoms with Gasteiger partial charge in [-0.05, 0) is 109 Å². The Kier molecular flexibility index (Phi) is 6.96. The van der Waals surface area contributed by atoms with E-state index in [-0.39, 0.29) is 23.5 Å². The van der Waals surface area contributed by atoms with Crippen molar-refractivity contribution in [3.8, 4) is 0 Å². The summed E-state index contributed by atoms with van der Waals surface area (Å²) in [6, 6.07) is 28.7. The Balaban J connectivity index is 1.35. The summed E-state index contributed by atoms with van der Waals surface area (Å²) in [4.78, 5) is 29.3. The third kappa shape index (κ3) is 4.32. The molecule has 0 N–H and O–H groups in total. The molecule has 4 aromatic carbocycles. The van der Waals surface area contributed by atoms with Gasteiger partial charge >= 0.3 is 0 Å². The molecule has 0 fully saturated rings. The van der Waals surface area contributed by atoms with Crippen LogP contribution < -0.4 is 19.6 Å². The van der Waals surface area contributed by atoms with Gasteiger partial charge in [0, 0.05) is 47.5 Å². The van der Waals surface area contributed by atoms with Crippen molar-refractivity contribution in [2.24, 2.45) is 11.3 Å². The number of aromatic nitrogens is 4. The van der Waals surface area contributed by atoms with E-state index in [0.29, 0.717) is 18.1 Å². The molecule has 5 unspecified atom stereocenters. The zero-order valence-corrected chi connectivity index (χ0v) is 29.3. The lowest BCUT2D eigenvalue weighted by Gasteiger charge is -2.56. The summed E-state index contributed by atoms with van der Waals surface area (Å²) < 4.78 is 29.6. The van der Waals surface area contributed by atoms with Crippen LogP contribution in [0.3, 0.4) is 0 Å². The second kappa shape index (κ2) is 11.7. The molecule has 4 aliphatic rings. The van der Waals surface area contributed by atoms with Crippen LogP contribution in [0.5, 0.6) is 0 Å². The zero-order chi connectivity index (χ0) is 36.0. The Hall–Kier alpha value is -6.16. The smallest absolute Gasteiger partial charge is 0.178 e. The normalized spacial score (nSPS) is 23.5. The fourth-order valence-electron chi connectivity index (χ4n) is 9.85. The lowest BCUT2D eigenvalue weighted by Crippen LogP contribution is -2.66. The monoisotopic (exact) mass is 702 g/mol. The van der Waals surface area contributed by atoms with Gasteiger partial charge in [-0.15, -0.1) is 6.58 Å². The molecule has 0 saturated carbocycles. The Morgan fingerprint density at radius 2 is 1.23 bits per heavy atom. The van der Waals surface area contributed by atoms with Gasteiger partial charge in [0.2, 0.25) is 0 Å². The predicted octanol–water partition coefficient (Wildman–Crippen LogP) is 9.64. The van der Waals surface area contributed by atoms with Crippen molar-refractivity contribution in [2.45, 2.75) is 44.9 Å². The largest absolute Gasteiger partial charge is 0.301 e. The van der Waals surface area contributed by atoms with Crippen LogP contribution in [0.25, 0.3) is 0 Å². The van der Waals surface area contributed by atoms with Crippen molar-refractivity contribution >= 4 is 46.0 Å². The van der Waals surface area contributed by atoms with Crippen LogP contribution in [0.1, 0.15) is 36.0 Å². The molecule has 262 valence electrons. The molecule has 2 aromatic heterocycles. The van der Waals surface area contributed by atoms with Gasteiger partial charge < -0.3 is 19.6 Å². The number of fused-ring (bicyclic) bond motifs is 6. The number of allylic oxidation sites excluding steroid dienone is 1. The van der Waals surface area contributed by atoms with E-state index >= 15 is 0 Å². The summed E-state index contributed by atoms with van der Waals surface area (Å²) in [6.07, 6.45) is 9.62. The van der Waals surface area contributed by atoms with E-state index in [0.717, 1.165) is 46.4 Å². The first kappa shape index (κ1) is 31.6. The van der Waals surface area contributed by atoms with Gasteiger partial charge in [-0.2, -0.15) is 0 Å². The van der Waals surface area contributed by atoms with Crippen LogP contribution in [-0.4, -0.2) is 32.3 Å². The van der Waals surface area contributed by atoms with Crippen LogP contribution in [0, 0.1) is 29.9 Å². The lowest BCUT2D eigenvalue weighted by atomic mass is 9.62. The number of aryl methyl sites for hydroxylation is 1. The minimum atomic E-state index is -0.760. The minimum Gasteiger partial charge on any atom is -0.301 e. The molecule has 0 amide bonds. The van der Waals surface area contributed by atoms with Crippen LogP contribution in [0.2, 0.25) is 0 Å². The highest BCUT2D eigenvalue weighted by atomic mass is 19.1. The van der Waals surface area contributed by atoms with Gasteiger partial charge in [0.15, 0.2) is 23.3 Å². The number of nitrogens with zero attached hydrogens (tertiary/aromatic N) is 8. The van der Waals surface area contributed by atoms with Crippen molar-refractivity contribution in [1.29, 1.82) is 0 Å². The van der Waals surface area contributed by atoms with Crippen LogP contribution >= 0.6 is 0 Å². The maximum Gasteiger partial charge on any atom is 0.178 e. The third-order valence-electron chi connectivity index (χ3n) is 11.9. The second-order valence-corrected chi connectivity index (χ2v) is 14.3. The zero-order valence-electron chi connectivity index (χ0n) is 29.3. The molecule has 5 atom stereocenters. The molecule has 53 heavy (non-hydrogen) atoms. The number of rotatable bonds is 6. The highest BCUT2D eigenvalue weighted by Gasteiger charge is 2.66. The van der Waals surface area contributed by atoms with Gasteiger partial charge in [-0.1, -0.05) is 43.3 Å². The predicted molar refractivity (Wildman–Crippen MR) is 203 cm³/mol. The van der Waals surface area contributed by atoms with Gasteiger partial charge in [-0.25, -0.2) is 28.7 Å². The van der Waals surface area contributed by atoms with Gasteiger partial charge in [-0.3, -0.25) is 0 Å². The molecule has 10 heteroatoms. The molecule has 2 bridgehead atoms. The standard InChI is InChI=1S/C43H36F2N8/c1-4-34-32-24-27-11-17-36(33(32)25-27)53-40-38(47-20-22-49-40)50(30-9-7-6-8-10-30)42(53)43(34,5-2)41-51(31-15-12-28(44)13-16-31)37-39(48-21-19-46-37)52(41)35-18-14-29(45)23-26(35)3/h4,6-23,25,32,34,41-42H,1,5,24H2,2-3H3. The number of hydrogen-bond donors (Lipinski definition) is 0. The summed E-state index contributed by atoms with van der Waals surface area (Å²) >= 11 is 0. The maximum atomic E-state index is 14.9. The molecule has 0 radical (unpaired) electrons. The average molecular weight is 703 g/mol. The maximum absolute atomic E-state index is 14.9. The van der Waals surface area contributed by atoms with Crippen molar-refractivity contribution < 1.29 is 8.78 Å². The number of halogens is 2. The molecule has 0 spiro atoms. The van der Waals surface area contributed by atoms with E-state index in [9.17, 15) is 8.78 Å². The van der Waals surface area contributed by atoms with E-state index in [1.807, 2.05) is 31.2 Å². The number of benzene rings is 4. The summed E-state index contributed by atoms with van der Waals surface area (Å²) in [5, 5.41) is 0. The van der Waals surface area contributed by atoms with Gasteiger partial charge in [0.05, 0.1) is 5.41 Å². The molecule has 8 nitrogen and oxygen atoms in total. The number of para-hydroxylation sites is 1. The molecule has 3 aliphatic heterocycles. The summed E-state index contributed by atoms with van der Waals surface area (Å²) in [6.45, 7) is 8.80. The molecule has 10 rings (SSSR count). The molecule has 0 saturated heterocycles. The highest BCUT2D eigenvalue weighted by molar-refractivity contribution is 5.89. The number of anilines is 8. The summed E-state index contributed by atoms with van der Waals surface area (Å²) in [7, 11) is 0. The first-order valence-electron chi connectivity index (χ1n) is 18.1. The number of hydrogen-bond acceptors (Lipinski definition) is 8. The Morgan fingerprint density at radius 1 is 0.679 bits per heavy atom. The molecule has 5 heterocycles. The van der Waals surface area contributed by atoms with Crippen molar-refractivity contribution in [2.75, 3.05) is 19.6 Å². The van der Waals surface area contributed by atoms with Crippen LogP contribution in [0.15, 0.2) is 128 Å². The van der Waals surface area contributed by atoms with E-state index in [4.69, 9.17) is 19.9 Å². The van der Waals surface area contributed by atoms with Gasteiger partial charge in [0.1, 0.15) is 24.0 Å². The van der Waals surface area contributed by atoms with Gasteiger partial charge in [0.25, 0.3) is 0 Å². The second-order valence-electron chi connectivity index (χ2n) is 14.3. The van der Waals surface area contributed by atoms with Crippen LogP contribution in [0.4, 0.5) is 54.8 Å². The average Bonchev–Trinajstić information content (AvgIpc) is 3.81. The molecular formula is C43H36F2N8. The van der Waals surface area contributed by atoms with E-state index in [2.05, 4.69) is 69.5 Å². The third-order valence-corrected chi connectivity index (χ3v) is 11.9. The topological polar surface area (TPSA) is 64.5 Å². The van der Waals surface area contributed by atoms with E-state index < -0.39 is 17.7 Å². The van der Waals surface area contributed by atoms with E-state index in [1.54, 1.807) is 43.0 Å². The molecule has 6 aromatic rings. The fourth-order valence-corrected chi connectivity index (χ4v) is 9.85. The summed E-state index contributed by atoms with van der Waals surface area (Å²) in [5.41, 5.74) is 6.16. The lowest BCUT2D eigenvalue weighted by molar-refractivity contribution is 0.0973. The first-order valence-corrected chi connectivity index (χ1v) is 18.1. The Morgan fingerprint density at radius 3 is 1.81 bits per heavy atom. The Labute approximate surface area is 306 Å². The van der Waals surface area contributed by atoms with E-state index in [1.165, 1.54) is 29.3 Å².